The molecule has 2 N–H and O–H groups in total. The van der Waals surface area contributed by atoms with E-state index in [4.69, 9.17) is 11.6 Å². The van der Waals surface area contributed by atoms with Gasteiger partial charge in [-0.05, 0) is 53.9 Å². The predicted molar refractivity (Wildman–Crippen MR) is 97.8 cm³/mol. The van der Waals surface area contributed by atoms with E-state index in [1.165, 1.54) is 0 Å². The molecule has 3 rings (SSSR count). The van der Waals surface area contributed by atoms with Gasteiger partial charge < -0.3 is 10.6 Å². The maximum atomic E-state index is 12.0. The third-order valence-corrected chi connectivity index (χ3v) is 4.31. The van der Waals surface area contributed by atoms with Crippen molar-refractivity contribution in [2.45, 2.75) is 6.42 Å². The zero-order chi connectivity index (χ0) is 16.1. The number of rotatable bonds is 5. The van der Waals surface area contributed by atoms with E-state index >= 15 is 0 Å². The van der Waals surface area contributed by atoms with Crippen LogP contribution in [0.1, 0.15) is 4.88 Å². The number of halogens is 1. The zero-order valence-electron chi connectivity index (χ0n) is 12.3. The van der Waals surface area contributed by atoms with Crippen LogP contribution >= 0.6 is 22.9 Å². The van der Waals surface area contributed by atoms with Gasteiger partial charge in [-0.2, -0.15) is 0 Å². The highest BCUT2D eigenvalue weighted by molar-refractivity contribution is 7.10. The van der Waals surface area contributed by atoms with Gasteiger partial charge in [-0.25, -0.2) is 0 Å². The van der Waals surface area contributed by atoms with Gasteiger partial charge in [0, 0.05) is 27.0 Å². The Morgan fingerprint density at radius 3 is 2.43 bits per heavy atom. The molecule has 0 unspecified atom stereocenters. The molecule has 3 nitrogen and oxygen atoms in total. The topological polar surface area (TPSA) is 41.1 Å². The molecule has 0 aliphatic heterocycles. The number of thiophene rings is 1. The van der Waals surface area contributed by atoms with Crippen LogP contribution in [0.15, 0.2) is 66.0 Å². The molecule has 0 saturated carbocycles. The van der Waals surface area contributed by atoms with Gasteiger partial charge in [0.1, 0.15) is 0 Å². The molecule has 0 aliphatic carbocycles. The highest BCUT2D eigenvalue weighted by atomic mass is 35.5. The molecule has 0 radical (unpaired) electrons. The van der Waals surface area contributed by atoms with Crippen LogP contribution in [-0.4, -0.2) is 5.91 Å². The first-order chi connectivity index (χ1) is 11.2. The first kappa shape index (κ1) is 15.6. The van der Waals surface area contributed by atoms with Crippen LogP contribution in [0.3, 0.4) is 0 Å². The summed E-state index contributed by atoms with van der Waals surface area (Å²) in [5.41, 5.74) is 2.64. The summed E-state index contributed by atoms with van der Waals surface area (Å²) in [6.07, 6.45) is 0.403. The van der Waals surface area contributed by atoms with E-state index in [9.17, 15) is 4.79 Å². The fraction of sp³-hybridized carbons (Fsp3) is 0.0556. The largest absolute Gasteiger partial charge is 0.355 e. The molecule has 0 spiro atoms. The molecule has 1 amide bonds. The Morgan fingerprint density at radius 1 is 0.957 bits per heavy atom. The van der Waals surface area contributed by atoms with Crippen molar-refractivity contribution in [1.29, 1.82) is 0 Å². The number of anilines is 3. The quantitative estimate of drug-likeness (QED) is 0.658. The summed E-state index contributed by atoms with van der Waals surface area (Å²) in [5.74, 6) is -0.0111. The Morgan fingerprint density at radius 2 is 1.74 bits per heavy atom. The van der Waals surface area contributed by atoms with Crippen molar-refractivity contribution in [1.82, 2.24) is 0 Å². The summed E-state index contributed by atoms with van der Waals surface area (Å²) >= 11 is 7.55. The van der Waals surface area contributed by atoms with Crippen LogP contribution in [0.2, 0.25) is 5.02 Å². The minimum atomic E-state index is -0.0111. The number of hydrogen-bond acceptors (Lipinski definition) is 3. The van der Waals surface area contributed by atoms with Crippen LogP contribution in [0, 0.1) is 0 Å². The lowest BCUT2D eigenvalue weighted by Gasteiger charge is -2.09. The minimum Gasteiger partial charge on any atom is -0.355 e. The van der Waals surface area contributed by atoms with Crippen molar-refractivity contribution in [3.05, 3.63) is 75.9 Å². The standard InChI is InChI=1S/C18H15ClN2OS/c19-13-3-1-4-16(11-13)20-14-6-8-15(9-7-14)21-18(22)12-17-5-2-10-23-17/h1-11,20H,12H2,(H,21,22). The van der Waals surface area contributed by atoms with Crippen molar-refractivity contribution in [2.24, 2.45) is 0 Å². The predicted octanol–water partition coefficient (Wildman–Crippen LogP) is 5.33. The van der Waals surface area contributed by atoms with Crippen LogP contribution in [0.4, 0.5) is 17.1 Å². The third-order valence-electron chi connectivity index (χ3n) is 3.20. The van der Waals surface area contributed by atoms with Crippen LogP contribution in [-0.2, 0) is 11.2 Å². The fourth-order valence-corrected chi connectivity index (χ4v) is 3.04. The maximum Gasteiger partial charge on any atom is 0.229 e. The Labute approximate surface area is 143 Å². The molecule has 116 valence electrons. The van der Waals surface area contributed by atoms with Crippen molar-refractivity contribution in [3.63, 3.8) is 0 Å². The Balaban J connectivity index is 1.59. The summed E-state index contributed by atoms with van der Waals surface area (Å²) in [7, 11) is 0. The lowest BCUT2D eigenvalue weighted by atomic mass is 10.2. The zero-order valence-corrected chi connectivity index (χ0v) is 13.8. The molecular weight excluding hydrogens is 328 g/mol. The van der Waals surface area contributed by atoms with E-state index in [2.05, 4.69) is 10.6 Å². The Hall–Kier alpha value is -2.30. The van der Waals surface area contributed by atoms with Gasteiger partial charge in [0.25, 0.3) is 0 Å². The lowest BCUT2D eigenvalue weighted by Crippen LogP contribution is -2.13. The first-order valence-corrected chi connectivity index (χ1v) is 8.40. The van der Waals surface area contributed by atoms with E-state index in [0.29, 0.717) is 11.4 Å². The van der Waals surface area contributed by atoms with Crippen LogP contribution in [0.25, 0.3) is 0 Å². The van der Waals surface area contributed by atoms with E-state index in [1.54, 1.807) is 11.3 Å². The normalized spacial score (nSPS) is 10.3. The molecular formula is C18H15ClN2OS. The number of benzene rings is 2. The summed E-state index contributed by atoms with van der Waals surface area (Å²) < 4.78 is 0. The van der Waals surface area contributed by atoms with E-state index < -0.39 is 0 Å². The smallest absolute Gasteiger partial charge is 0.229 e. The average Bonchev–Trinajstić information content (AvgIpc) is 3.02. The molecule has 3 aromatic rings. The van der Waals surface area contributed by atoms with Gasteiger partial charge >= 0.3 is 0 Å². The Bertz CT molecular complexity index is 785. The summed E-state index contributed by atoms with van der Waals surface area (Å²) in [4.78, 5) is 13.0. The number of amides is 1. The minimum absolute atomic E-state index is 0.0111. The molecule has 2 aromatic carbocycles. The molecule has 1 heterocycles. The SMILES string of the molecule is O=C(Cc1cccs1)Nc1ccc(Nc2cccc(Cl)c2)cc1. The molecule has 5 heteroatoms. The van der Waals surface area contributed by atoms with E-state index in [0.717, 1.165) is 21.9 Å². The van der Waals surface area contributed by atoms with Crippen LogP contribution in [0.5, 0.6) is 0 Å². The van der Waals surface area contributed by atoms with Gasteiger partial charge in [0.05, 0.1) is 6.42 Å². The summed E-state index contributed by atoms with van der Waals surface area (Å²) in [6, 6.07) is 19.0. The summed E-state index contributed by atoms with van der Waals surface area (Å²) in [5, 5.41) is 8.82. The molecule has 0 fully saturated rings. The molecule has 1 aromatic heterocycles. The van der Waals surface area contributed by atoms with E-state index in [-0.39, 0.29) is 5.91 Å². The number of carbonyl (C=O) groups is 1. The van der Waals surface area contributed by atoms with E-state index in [1.807, 2.05) is 66.0 Å². The molecule has 0 saturated heterocycles. The third kappa shape index (κ3) is 4.58. The van der Waals surface area contributed by atoms with Gasteiger partial charge in [-0.3, -0.25) is 4.79 Å². The van der Waals surface area contributed by atoms with Crippen molar-refractivity contribution >= 4 is 45.9 Å². The number of hydrogen-bond donors (Lipinski definition) is 2. The second kappa shape index (κ2) is 7.31. The second-order valence-corrected chi connectivity index (χ2v) is 6.49. The van der Waals surface area contributed by atoms with Gasteiger partial charge in [0.15, 0.2) is 0 Å². The van der Waals surface area contributed by atoms with Crippen molar-refractivity contribution in [2.75, 3.05) is 10.6 Å². The molecule has 0 bridgehead atoms. The van der Waals surface area contributed by atoms with Crippen molar-refractivity contribution < 1.29 is 4.79 Å². The fourth-order valence-electron chi connectivity index (χ4n) is 2.15. The molecule has 0 aliphatic rings. The number of carbonyl (C=O) groups excluding carboxylic acids is 1. The number of nitrogens with one attached hydrogen (secondary N) is 2. The van der Waals surface area contributed by atoms with Gasteiger partial charge in [-0.15, -0.1) is 11.3 Å². The first-order valence-electron chi connectivity index (χ1n) is 7.14. The average molecular weight is 343 g/mol. The molecule has 23 heavy (non-hydrogen) atoms. The highest BCUT2D eigenvalue weighted by Crippen LogP contribution is 2.21. The summed E-state index contributed by atoms with van der Waals surface area (Å²) in [6.45, 7) is 0. The van der Waals surface area contributed by atoms with Gasteiger partial charge in [-0.1, -0.05) is 23.7 Å². The van der Waals surface area contributed by atoms with Crippen molar-refractivity contribution in [3.8, 4) is 0 Å². The maximum absolute atomic E-state index is 12.0. The highest BCUT2D eigenvalue weighted by Gasteiger charge is 2.05. The lowest BCUT2D eigenvalue weighted by molar-refractivity contribution is -0.115. The monoisotopic (exact) mass is 342 g/mol. The Kier molecular flexibility index (Phi) is 4.95. The van der Waals surface area contributed by atoms with Gasteiger partial charge in [0.2, 0.25) is 5.91 Å². The second-order valence-electron chi connectivity index (χ2n) is 5.02. The van der Waals surface area contributed by atoms with Crippen LogP contribution < -0.4 is 10.6 Å². The molecule has 0 atom stereocenters.